The number of nitrogens with zero attached hydrogens (tertiary/aromatic N) is 2. The standard InChI is InChI=1S/C17H24N2O3/c1-18(17(22)14-7-3-2-4-8-14)13-16(21)19-11-5-9-15(19)10-6-12-20/h2-4,7-8,15,20H,5-6,9-13H2,1H3. The molecule has 1 aliphatic heterocycles. The van der Waals surface area contributed by atoms with Gasteiger partial charge in [-0.25, -0.2) is 0 Å². The van der Waals surface area contributed by atoms with Crippen LogP contribution in [-0.2, 0) is 4.79 Å². The Bertz CT molecular complexity index is 504. The van der Waals surface area contributed by atoms with Crippen LogP contribution in [0.5, 0.6) is 0 Å². The van der Waals surface area contributed by atoms with Crippen LogP contribution < -0.4 is 0 Å². The minimum atomic E-state index is -0.139. The van der Waals surface area contributed by atoms with E-state index >= 15 is 0 Å². The van der Waals surface area contributed by atoms with E-state index in [1.807, 2.05) is 23.1 Å². The number of likely N-dealkylation sites (N-methyl/N-ethyl adjacent to an activating group) is 1. The lowest BCUT2D eigenvalue weighted by Crippen LogP contribution is -2.43. The number of likely N-dealkylation sites (tertiary alicyclic amines) is 1. The van der Waals surface area contributed by atoms with Crippen molar-refractivity contribution in [3.63, 3.8) is 0 Å². The Hall–Kier alpha value is -1.88. The molecule has 1 aliphatic rings. The number of hydrogen-bond acceptors (Lipinski definition) is 3. The highest BCUT2D eigenvalue weighted by atomic mass is 16.3. The van der Waals surface area contributed by atoms with Crippen molar-refractivity contribution in [1.29, 1.82) is 0 Å². The van der Waals surface area contributed by atoms with Gasteiger partial charge in [-0.3, -0.25) is 9.59 Å². The van der Waals surface area contributed by atoms with E-state index in [1.54, 1.807) is 19.2 Å². The second kappa shape index (κ2) is 7.94. The normalized spacial score (nSPS) is 17.5. The summed E-state index contributed by atoms with van der Waals surface area (Å²) in [4.78, 5) is 28.0. The molecule has 0 radical (unpaired) electrons. The van der Waals surface area contributed by atoms with Crippen molar-refractivity contribution in [2.24, 2.45) is 0 Å². The van der Waals surface area contributed by atoms with E-state index in [1.165, 1.54) is 4.90 Å². The number of carbonyl (C=O) groups excluding carboxylic acids is 2. The first kappa shape index (κ1) is 16.5. The van der Waals surface area contributed by atoms with Crippen molar-refractivity contribution in [2.75, 3.05) is 26.7 Å². The molecule has 1 atom stereocenters. The van der Waals surface area contributed by atoms with E-state index in [4.69, 9.17) is 5.11 Å². The molecule has 0 bridgehead atoms. The molecular weight excluding hydrogens is 280 g/mol. The first-order chi connectivity index (χ1) is 10.6. The van der Waals surface area contributed by atoms with Crippen LogP contribution in [0.1, 0.15) is 36.0 Å². The monoisotopic (exact) mass is 304 g/mol. The van der Waals surface area contributed by atoms with Gasteiger partial charge < -0.3 is 14.9 Å². The van der Waals surface area contributed by atoms with Crippen LogP contribution in [0, 0.1) is 0 Å². The van der Waals surface area contributed by atoms with Crippen LogP contribution >= 0.6 is 0 Å². The van der Waals surface area contributed by atoms with Crippen molar-refractivity contribution in [3.05, 3.63) is 35.9 Å². The van der Waals surface area contributed by atoms with Gasteiger partial charge in [0.15, 0.2) is 0 Å². The third kappa shape index (κ3) is 4.07. The highest BCUT2D eigenvalue weighted by molar-refractivity contribution is 5.96. The van der Waals surface area contributed by atoms with E-state index in [9.17, 15) is 9.59 Å². The SMILES string of the molecule is CN(CC(=O)N1CCCC1CCCO)C(=O)c1ccccc1. The summed E-state index contributed by atoms with van der Waals surface area (Å²) in [7, 11) is 1.66. The molecule has 0 aliphatic carbocycles. The highest BCUT2D eigenvalue weighted by Gasteiger charge is 2.29. The predicted octanol–water partition coefficient (Wildman–Crippen LogP) is 1.52. The van der Waals surface area contributed by atoms with Crippen LogP contribution in [0.4, 0.5) is 0 Å². The quantitative estimate of drug-likeness (QED) is 0.867. The van der Waals surface area contributed by atoms with Gasteiger partial charge in [-0.05, 0) is 37.8 Å². The minimum Gasteiger partial charge on any atom is -0.396 e. The minimum absolute atomic E-state index is 0.00720. The summed E-state index contributed by atoms with van der Waals surface area (Å²) >= 11 is 0. The van der Waals surface area contributed by atoms with Gasteiger partial charge in [0.25, 0.3) is 5.91 Å². The average molecular weight is 304 g/mol. The smallest absolute Gasteiger partial charge is 0.254 e. The third-order valence-corrected chi connectivity index (χ3v) is 4.13. The Morgan fingerprint density at radius 3 is 2.73 bits per heavy atom. The van der Waals surface area contributed by atoms with Crippen LogP contribution in [-0.4, -0.2) is 59.5 Å². The molecular formula is C17H24N2O3. The molecule has 120 valence electrons. The Morgan fingerprint density at radius 1 is 1.32 bits per heavy atom. The van der Waals surface area contributed by atoms with Gasteiger partial charge in [-0.2, -0.15) is 0 Å². The predicted molar refractivity (Wildman–Crippen MR) is 84.5 cm³/mol. The molecule has 5 nitrogen and oxygen atoms in total. The number of carbonyl (C=O) groups is 2. The topological polar surface area (TPSA) is 60.9 Å². The first-order valence-corrected chi connectivity index (χ1v) is 7.84. The summed E-state index contributed by atoms with van der Waals surface area (Å²) in [6.45, 7) is 1.01. The van der Waals surface area contributed by atoms with Crippen LogP contribution in [0.15, 0.2) is 30.3 Å². The molecule has 1 fully saturated rings. The van der Waals surface area contributed by atoms with Gasteiger partial charge in [-0.15, -0.1) is 0 Å². The maximum Gasteiger partial charge on any atom is 0.254 e. The number of rotatable bonds is 6. The molecule has 5 heteroatoms. The van der Waals surface area contributed by atoms with Gasteiger partial charge >= 0.3 is 0 Å². The number of amides is 2. The molecule has 0 saturated carbocycles. The van der Waals surface area contributed by atoms with Gasteiger partial charge in [-0.1, -0.05) is 18.2 Å². The molecule has 0 spiro atoms. The molecule has 22 heavy (non-hydrogen) atoms. The zero-order valence-electron chi connectivity index (χ0n) is 13.1. The molecule has 1 aromatic rings. The van der Waals surface area contributed by atoms with Crippen molar-refractivity contribution in [1.82, 2.24) is 9.80 Å². The second-order valence-electron chi connectivity index (χ2n) is 5.78. The Kier molecular flexibility index (Phi) is 5.95. The number of benzene rings is 1. The second-order valence-corrected chi connectivity index (χ2v) is 5.78. The largest absolute Gasteiger partial charge is 0.396 e. The fourth-order valence-electron chi connectivity index (χ4n) is 2.96. The fourth-order valence-corrected chi connectivity index (χ4v) is 2.96. The maximum absolute atomic E-state index is 12.4. The summed E-state index contributed by atoms with van der Waals surface area (Å²) in [6.07, 6.45) is 3.53. The van der Waals surface area contributed by atoms with Gasteiger partial charge in [0.05, 0.1) is 6.54 Å². The summed E-state index contributed by atoms with van der Waals surface area (Å²) in [6, 6.07) is 9.20. The molecule has 2 rings (SSSR count). The van der Waals surface area contributed by atoms with Crippen LogP contribution in [0.3, 0.4) is 0 Å². The molecule has 1 saturated heterocycles. The lowest BCUT2D eigenvalue weighted by molar-refractivity contribution is -0.132. The summed E-state index contributed by atoms with van der Waals surface area (Å²) in [5.41, 5.74) is 0.594. The molecule has 1 unspecified atom stereocenters. The molecule has 2 amide bonds. The number of aliphatic hydroxyl groups excluding tert-OH is 1. The zero-order valence-corrected chi connectivity index (χ0v) is 13.1. The summed E-state index contributed by atoms with van der Waals surface area (Å²) in [5, 5.41) is 8.94. The Morgan fingerprint density at radius 2 is 2.05 bits per heavy atom. The van der Waals surface area contributed by atoms with Crippen LogP contribution in [0.25, 0.3) is 0 Å². The molecule has 1 heterocycles. The fraction of sp³-hybridized carbons (Fsp3) is 0.529. The van der Waals surface area contributed by atoms with Crippen LogP contribution in [0.2, 0.25) is 0 Å². The Balaban J connectivity index is 1.92. The molecule has 1 N–H and O–H groups in total. The lowest BCUT2D eigenvalue weighted by Gasteiger charge is -2.27. The van der Waals surface area contributed by atoms with Crippen molar-refractivity contribution < 1.29 is 14.7 Å². The summed E-state index contributed by atoms with van der Waals surface area (Å²) < 4.78 is 0. The maximum atomic E-state index is 12.4. The van der Waals surface area contributed by atoms with E-state index < -0.39 is 0 Å². The van der Waals surface area contributed by atoms with E-state index in [-0.39, 0.29) is 31.0 Å². The number of hydrogen-bond donors (Lipinski definition) is 1. The summed E-state index contributed by atoms with van der Waals surface area (Å²) in [5.74, 6) is -0.146. The van der Waals surface area contributed by atoms with E-state index in [0.29, 0.717) is 12.0 Å². The van der Waals surface area contributed by atoms with Gasteiger partial charge in [0.2, 0.25) is 5.91 Å². The van der Waals surface area contributed by atoms with Gasteiger partial charge in [0.1, 0.15) is 0 Å². The van der Waals surface area contributed by atoms with Crippen molar-refractivity contribution in [2.45, 2.75) is 31.7 Å². The van der Waals surface area contributed by atoms with Crippen molar-refractivity contribution >= 4 is 11.8 Å². The number of aliphatic hydroxyl groups is 1. The molecule has 1 aromatic carbocycles. The highest BCUT2D eigenvalue weighted by Crippen LogP contribution is 2.21. The average Bonchev–Trinajstić information content (AvgIpc) is 3.01. The van der Waals surface area contributed by atoms with Crippen molar-refractivity contribution in [3.8, 4) is 0 Å². The zero-order chi connectivity index (χ0) is 15.9. The van der Waals surface area contributed by atoms with Gasteiger partial charge in [0, 0.05) is 31.8 Å². The van der Waals surface area contributed by atoms with E-state index in [2.05, 4.69) is 0 Å². The van der Waals surface area contributed by atoms with E-state index in [0.717, 1.165) is 25.8 Å². The lowest BCUT2D eigenvalue weighted by atomic mass is 10.1. The first-order valence-electron chi connectivity index (χ1n) is 7.84. The molecule has 0 aromatic heterocycles. The third-order valence-electron chi connectivity index (χ3n) is 4.13. The Labute approximate surface area is 131 Å².